The molecule has 0 fully saturated rings. The number of fused-ring (bicyclic) bond motifs is 4. The molecule has 5 nitrogen and oxygen atoms in total. The standard InChI is InChI=1S/C36H34N4OSi.Pt/c1-36(2,3)25-20-21-37-35(22-25)39-31-15-8-7-14-29(31)30-19-18-28(24-34(30)39)42(5,6)27-13-11-12-26(23-27)40-33-17-10-9-16-32(33)38(4)41-40;/h7-22H,1-6H3;/q-2;/p+1. The van der Waals surface area contributed by atoms with Crippen molar-refractivity contribution in [1.82, 2.24) is 9.55 Å². The van der Waals surface area contributed by atoms with Crippen LogP contribution in [0, 0.1) is 12.1 Å². The van der Waals surface area contributed by atoms with Crippen molar-refractivity contribution in [3.63, 3.8) is 0 Å². The zero-order valence-electron chi connectivity index (χ0n) is 25.3. The molecule has 1 N–H and O–H groups in total. The predicted octanol–water partition coefficient (Wildman–Crippen LogP) is 7.32. The van der Waals surface area contributed by atoms with Gasteiger partial charge in [-0.2, -0.15) is 51.7 Å². The molecular weight excluding hydrogens is 728 g/mol. The molecule has 2 aromatic heterocycles. The van der Waals surface area contributed by atoms with Gasteiger partial charge in [-0.25, -0.2) is 4.98 Å². The van der Waals surface area contributed by atoms with E-state index in [1.165, 1.54) is 26.7 Å². The summed E-state index contributed by atoms with van der Waals surface area (Å²) in [6, 6.07) is 39.9. The van der Waals surface area contributed by atoms with Gasteiger partial charge in [-0.05, 0) is 46.7 Å². The Morgan fingerprint density at radius 1 is 0.767 bits per heavy atom. The Morgan fingerprint density at radius 3 is 2.28 bits per heavy atom. The summed E-state index contributed by atoms with van der Waals surface area (Å²) < 4.78 is 2.28. The smallest absolute Gasteiger partial charge is 0.145 e. The molecule has 0 saturated carbocycles. The average molecular weight is 763 g/mol. The van der Waals surface area contributed by atoms with Crippen molar-refractivity contribution in [2.24, 2.45) is 0 Å². The Labute approximate surface area is 268 Å². The number of benzene rings is 4. The summed E-state index contributed by atoms with van der Waals surface area (Å²) in [4.78, 5) is 9.64. The minimum atomic E-state index is -2.20. The molecule has 0 spiro atoms. The number of hydrogen-bond donors (Lipinski definition) is 0. The van der Waals surface area contributed by atoms with Crippen molar-refractivity contribution >= 4 is 57.3 Å². The number of aromatic nitrogens is 2. The topological polar surface area (TPSA) is 37.1 Å². The van der Waals surface area contributed by atoms with Crippen LogP contribution in [0.4, 0.5) is 17.1 Å². The summed E-state index contributed by atoms with van der Waals surface area (Å²) in [5, 5.41) is 8.76. The van der Waals surface area contributed by atoms with Crippen molar-refractivity contribution in [1.29, 1.82) is 0 Å². The maximum absolute atomic E-state index is 4.85. The van der Waals surface area contributed by atoms with E-state index in [1.807, 2.05) is 29.4 Å². The fourth-order valence-corrected chi connectivity index (χ4v) is 8.09. The van der Waals surface area contributed by atoms with Crippen LogP contribution in [0.25, 0.3) is 27.6 Å². The van der Waals surface area contributed by atoms with E-state index in [4.69, 9.17) is 9.92 Å². The molecule has 7 heteroatoms. The molecule has 0 bridgehead atoms. The Kier molecular flexibility index (Phi) is 7.36. The maximum atomic E-state index is 4.85. The van der Waals surface area contributed by atoms with Crippen molar-refractivity contribution in [2.45, 2.75) is 39.3 Å². The van der Waals surface area contributed by atoms with Crippen molar-refractivity contribution in [3.05, 3.63) is 115 Å². The molecule has 0 aliphatic carbocycles. The van der Waals surface area contributed by atoms with Gasteiger partial charge in [0.25, 0.3) is 0 Å². The fraction of sp³-hybridized carbons (Fsp3) is 0.194. The third-order valence-electron chi connectivity index (χ3n) is 8.46. The maximum Gasteiger partial charge on any atom is 0.145 e. The number of para-hydroxylation sites is 3. The number of pyridine rings is 1. The largest absolute Gasteiger partial charge is 0.319 e. The van der Waals surface area contributed by atoms with Gasteiger partial charge in [-0.3, -0.25) is 0 Å². The third-order valence-corrected chi connectivity index (χ3v) is 11.7. The van der Waals surface area contributed by atoms with Gasteiger partial charge in [-0.1, -0.05) is 69.7 Å². The van der Waals surface area contributed by atoms with Crippen molar-refractivity contribution in [2.75, 3.05) is 17.2 Å². The van der Waals surface area contributed by atoms with E-state index in [-0.39, 0.29) is 26.5 Å². The van der Waals surface area contributed by atoms with Gasteiger partial charge in [0, 0.05) is 38.5 Å². The predicted molar refractivity (Wildman–Crippen MR) is 177 cm³/mol. The first kappa shape index (κ1) is 29.4. The molecule has 0 saturated heterocycles. The van der Waals surface area contributed by atoms with Gasteiger partial charge in [0.05, 0.1) is 15.1 Å². The van der Waals surface area contributed by atoms with Crippen LogP contribution in [0.1, 0.15) is 26.3 Å². The Hall–Kier alpha value is -3.70. The van der Waals surface area contributed by atoms with E-state index >= 15 is 0 Å². The second kappa shape index (κ2) is 10.8. The van der Waals surface area contributed by atoms with E-state index in [1.54, 1.807) is 0 Å². The Morgan fingerprint density at radius 2 is 1.49 bits per heavy atom. The SMILES string of the molecule is CN1[OH+]N(c2[c-]c([Si](C)(C)c3[c-]c4c(cc3)c3ccccc3n4-c3cc(C(C)(C)C)ccn3)ccc2)c2ccccc21.[Pt]. The van der Waals surface area contributed by atoms with Crippen molar-refractivity contribution in [3.8, 4) is 5.82 Å². The quantitative estimate of drug-likeness (QED) is 0.107. The van der Waals surface area contributed by atoms with Crippen LogP contribution in [0.5, 0.6) is 0 Å². The van der Waals surface area contributed by atoms with Gasteiger partial charge in [0.1, 0.15) is 17.2 Å². The zero-order valence-corrected chi connectivity index (χ0v) is 28.6. The first-order valence-electron chi connectivity index (χ1n) is 14.4. The molecule has 1 aliphatic rings. The van der Waals surface area contributed by atoms with E-state index in [0.717, 1.165) is 33.9 Å². The van der Waals surface area contributed by atoms with Crippen LogP contribution in [0.2, 0.25) is 13.1 Å². The zero-order chi connectivity index (χ0) is 29.2. The normalized spacial score (nSPS) is 13.4. The summed E-state index contributed by atoms with van der Waals surface area (Å²) in [5.41, 5.74) is 6.59. The number of anilines is 3. The molecule has 0 atom stereocenters. The number of rotatable bonds is 4. The fourth-order valence-electron chi connectivity index (χ4n) is 5.92. The summed E-state index contributed by atoms with van der Waals surface area (Å²) >= 11 is 0. The number of hydroxylamine groups is 1. The van der Waals surface area contributed by atoms with Crippen LogP contribution < -0.4 is 20.5 Å². The van der Waals surface area contributed by atoms with E-state index in [2.05, 4.69) is 135 Å². The number of hydrogen-bond acceptors (Lipinski definition) is 3. The monoisotopic (exact) mass is 762 g/mol. The van der Waals surface area contributed by atoms with Crippen molar-refractivity contribution < 1.29 is 26.0 Å². The molecule has 1 aliphatic heterocycles. The van der Waals surface area contributed by atoms with Gasteiger partial charge in [-0.15, -0.1) is 21.6 Å². The molecule has 43 heavy (non-hydrogen) atoms. The van der Waals surface area contributed by atoms with E-state index in [9.17, 15) is 0 Å². The molecular formula is C36H35N4OPtSi-. The second-order valence-corrected chi connectivity index (χ2v) is 17.0. The minimum Gasteiger partial charge on any atom is -0.319 e. The molecule has 220 valence electrons. The third kappa shape index (κ3) is 4.92. The first-order valence-corrected chi connectivity index (χ1v) is 17.4. The van der Waals surface area contributed by atoms with Gasteiger partial charge < -0.3 is 4.57 Å². The molecule has 0 amide bonds. The molecule has 7 rings (SSSR count). The van der Waals surface area contributed by atoms with Gasteiger partial charge >= 0.3 is 0 Å². The Balaban J connectivity index is 0.00000329. The van der Waals surface area contributed by atoms with Crippen LogP contribution in [-0.2, 0) is 26.5 Å². The van der Waals surface area contributed by atoms with Gasteiger partial charge in [0.15, 0.2) is 0 Å². The van der Waals surface area contributed by atoms with E-state index in [0.29, 0.717) is 0 Å². The van der Waals surface area contributed by atoms with Crippen LogP contribution in [0.3, 0.4) is 0 Å². The van der Waals surface area contributed by atoms with Crippen LogP contribution in [-0.4, -0.2) is 29.6 Å². The van der Waals surface area contributed by atoms with Crippen LogP contribution in [0.15, 0.2) is 97.2 Å². The summed E-state index contributed by atoms with van der Waals surface area (Å²) in [7, 11) is -0.221. The average Bonchev–Trinajstić information content (AvgIpc) is 3.51. The summed E-state index contributed by atoms with van der Waals surface area (Å²) in [6.45, 7) is 11.5. The molecule has 0 radical (unpaired) electrons. The number of nitrogens with zero attached hydrogens (tertiary/aromatic N) is 4. The first-order chi connectivity index (χ1) is 20.1. The minimum absolute atomic E-state index is 0. The van der Waals surface area contributed by atoms with E-state index < -0.39 is 8.07 Å². The summed E-state index contributed by atoms with van der Waals surface area (Å²) in [5.74, 6) is 0.925. The Bertz CT molecular complexity index is 1980. The molecule has 3 heterocycles. The van der Waals surface area contributed by atoms with Gasteiger partial charge in [0.2, 0.25) is 0 Å². The second-order valence-electron chi connectivity index (χ2n) is 12.6. The molecule has 6 aromatic rings. The van der Waals surface area contributed by atoms with Crippen LogP contribution >= 0.6 is 0 Å². The molecule has 0 unspecified atom stereocenters. The summed E-state index contributed by atoms with van der Waals surface area (Å²) in [6.07, 6.45) is 1.93. The molecule has 4 aromatic carbocycles.